The number of nitrogens with zero attached hydrogens (tertiary/aromatic N) is 5. The quantitative estimate of drug-likeness (QED) is 0.863. The molecule has 1 amide bonds. The van der Waals surface area contributed by atoms with Crippen LogP contribution in [0.2, 0.25) is 0 Å². The van der Waals surface area contributed by atoms with Crippen LogP contribution in [0, 0.1) is 0 Å². The molecule has 1 N–H and O–H groups in total. The van der Waals surface area contributed by atoms with Crippen LogP contribution < -0.4 is 5.32 Å². The summed E-state index contributed by atoms with van der Waals surface area (Å²) in [6.45, 7) is 4.24. The van der Waals surface area contributed by atoms with Gasteiger partial charge in [0.1, 0.15) is 0 Å². The first-order chi connectivity index (χ1) is 13.2. The van der Waals surface area contributed by atoms with Gasteiger partial charge in [-0.2, -0.15) is 0 Å². The van der Waals surface area contributed by atoms with E-state index in [0.717, 1.165) is 31.5 Å². The molecule has 2 aromatic rings. The number of likely N-dealkylation sites (tertiary alicyclic amines) is 1. The summed E-state index contributed by atoms with van der Waals surface area (Å²) in [5.74, 6) is 0.862. The summed E-state index contributed by atoms with van der Waals surface area (Å²) in [6.07, 6.45) is 3.55. The molecule has 0 unspecified atom stereocenters. The van der Waals surface area contributed by atoms with Crippen molar-refractivity contribution in [1.29, 1.82) is 0 Å². The number of aromatic nitrogens is 4. The smallest absolute Gasteiger partial charge is 0.409 e. The first-order valence-electron chi connectivity index (χ1n) is 9.73. The van der Waals surface area contributed by atoms with Crippen LogP contribution in [0.4, 0.5) is 4.79 Å². The molecule has 2 aliphatic rings. The van der Waals surface area contributed by atoms with Gasteiger partial charge in [-0.25, -0.2) is 9.48 Å². The normalized spacial score (nSPS) is 17.9. The number of carbonyl (C=O) groups is 1. The molecule has 1 aliphatic carbocycles. The Bertz CT molecular complexity index is 759. The molecule has 4 rings (SSSR count). The minimum Gasteiger partial charge on any atom is -0.450 e. The molecule has 8 heteroatoms. The third-order valence-electron chi connectivity index (χ3n) is 5.50. The predicted molar refractivity (Wildman–Crippen MR) is 99.2 cm³/mol. The van der Waals surface area contributed by atoms with Crippen molar-refractivity contribution < 1.29 is 9.53 Å². The minimum absolute atomic E-state index is 0.225. The third-order valence-corrected chi connectivity index (χ3v) is 5.50. The highest BCUT2D eigenvalue weighted by Gasteiger charge is 2.27. The van der Waals surface area contributed by atoms with Crippen molar-refractivity contribution in [3.05, 3.63) is 41.2 Å². The minimum atomic E-state index is -0.227. The Morgan fingerprint density at radius 1 is 1.22 bits per heavy atom. The number of ether oxygens (including phenoxy) is 1. The van der Waals surface area contributed by atoms with Crippen molar-refractivity contribution in [3.63, 3.8) is 0 Å². The Morgan fingerprint density at radius 2 is 1.93 bits per heavy atom. The monoisotopic (exact) mass is 370 g/mol. The number of nitrogens with one attached hydrogen (secondary N) is 1. The van der Waals surface area contributed by atoms with E-state index in [9.17, 15) is 4.79 Å². The van der Waals surface area contributed by atoms with Crippen molar-refractivity contribution in [2.45, 2.75) is 51.2 Å². The Kier molecular flexibility index (Phi) is 5.33. The Labute approximate surface area is 158 Å². The molecule has 1 aliphatic heterocycles. The van der Waals surface area contributed by atoms with E-state index in [-0.39, 0.29) is 12.1 Å². The van der Waals surface area contributed by atoms with Crippen LogP contribution in [0.15, 0.2) is 24.3 Å². The molecule has 1 saturated heterocycles. The lowest BCUT2D eigenvalue weighted by atomic mass is 10.1. The number of hydrogen-bond donors (Lipinski definition) is 1. The molecule has 0 bridgehead atoms. The van der Waals surface area contributed by atoms with Crippen LogP contribution in [0.1, 0.15) is 42.8 Å². The maximum atomic E-state index is 11.8. The zero-order chi connectivity index (χ0) is 18.6. The highest BCUT2D eigenvalue weighted by atomic mass is 16.6. The van der Waals surface area contributed by atoms with Crippen LogP contribution in [0.5, 0.6) is 0 Å². The summed E-state index contributed by atoms with van der Waals surface area (Å²) >= 11 is 0. The standard InChI is InChI=1S/C19H26N6O2/c1-2-27-19(26)24-9-7-17(8-10-24)25-18(21-22-23-25)13-20-16-11-14-5-3-4-6-15(14)12-16/h3-6,16-17,20H,2,7-13H2,1H3. The largest absolute Gasteiger partial charge is 0.450 e. The van der Waals surface area contributed by atoms with Gasteiger partial charge < -0.3 is 15.0 Å². The van der Waals surface area contributed by atoms with Crippen LogP contribution >= 0.6 is 0 Å². The lowest BCUT2D eigenvalue weighted by molar-refractivity contribution is 0.0910. The zero-order valence-corrected chi connectivity index (χ0v) is 15.7. The maximum Gasteiger partial charge on any atom is 0.409 e. The van der Waals surface area contributed by atoms with Gasteiger partial charge in [0.15, 0.2) is 5.82 Å². The highest BCUT2D eigenvalue weighted by molar-refractivity contribution is 5.67. The van der Waals surface area contributed by atoms with Crippen LogP contribution in [-0.4, -0.2) is 56.9 Å². The fraction of sp³-hybridized carbons (Fsp3) is 0.579. The molecule has 1 fully saturated rings. The average Bonchev–Trinajstić information content (AvgIpc) is 3.33. The fourth-order valence-corrected chi connectivity index (χ4v) is 4.06. The third kappa shape index (κ3) is 3.95. The summed E-state index contributed by atoms with van der Waals surface area (Å²) in [7, 11) is 0. The van der Waals surface area contributed by atoms with Crippen LogP contribution in [-0.2, 0) is 24.1 Å². The van der Waals surface area contributed by atoms with E-state index in [4.69, 9.17) is 4.74 Å². The Morgan fingerprint density at radius 3 is 2.59 bits per heavy atom. The second-order valence-electron chi connectivity index (χ2n) is 7.21. The van der Waals surface area contributed by atoms with Crippen LogP contribution in [0.25, 0.3) is 0 Å². The number of carbonyl (C=O) groups excluding carboxylic acids is 1. The summed E-state index contributed by atoms with van der Waals surface area (Å²) in [5, 5.41) is 15.9. The SMILES string of the molecule is CCOC(=O)N1CCC(n2nnnc2CNC2Cc3ccccc3C2)CC1. The van der Waals surface area contributed by atoms with Crippen molar-refractivity contribution in [1.82, 2.24) is 30.4 Å². The van der Waals surface area contributed by atoms with Gasteiger partial charge in [0.05, 0.1) is 19.2 Å². The second-order valence-corrected chi connectivity index (χ2v) is 7.21. The van der Waals surface area contributed by atoms with Gasteiger partial charge in [0.25, 0.3) is 0 Å². The van der Waals surface area contributed by atoms with E-state index < -0.39 is 0 Å². The average molecular weight is 370 g/mol. The Balaban J connectivity index is 1.31. The van der Waals surface area contributed by atoms with E-state index in [1.807, 2.05) is 11.6 Å². The number of piperidine rings is 1. The molecule has 0 saturated carbocycles. The molecule has 1 aromatic carbocycles. The number of tetrazole rings is 1. The molecule has 2 heterocycles. The molecule has 1 aromatic heterocycles. The molecule has 0 spiro atoms. The van der Waals surface area contributed by atoms with E-state index in [2.05, 4.69) is 45.1 Å². The number of rotatable bonds is 5. The molecule has 27 heavy (non-hydrogen) atoms. The van der Waals surface area contributed by atoms with Crippen molar-refractivity contribution >= 4 is 6.09 Å². The van der Waals surface area contributed by atoms with E-state index in [0.29, 0.717) is 32.3 Å². The van der Waals surface area contributed by atoms with Gasteiger partial charge in [0.2, 0.25) is 0 Å². The Hall–Kier alpha value is -2.48. The molecule has 8 nitrogen and oxygen atoms in total. The van der Waals surface area contributed by atoms with E-state index >= 15 is 0 Å². The van der Waals surface area contributed by atoms with Gasteiger partial charge in [0, 0.05) is 19.1 Å². The maximum absolute atomic E-state index is 11.8. The molecule has 144 valence electrons. The summed E-state index contributed by atoms with van der Waals surface area (Å²) in [6, 6.07) is 9.27. The van der Waals surface area contributed by atoms with E-state index in [1.54, 1.807) is 4.90 Å². The van der Waals surface area contributed by atoms with Gasteiger partial charge >= 0.3 is 6.09 Å². The van der Waals surface area contributed by atoms with Gasteiger partial charge in [-0.05, 0) is 54.2 Å². The van der Waals surface area contributed by atoms with Crippen LogP contribution in [0.3, 0.4) is 0 Å². The van der Waals surface area contributed by atoms with Gasteiger partial charge in [-0.15, -0.1) is 5.10 Å². The number of amides is 1. The number of benzene rings is 1. The topological polar surface area (TPSA) is 85.2 Å². The molecule has 0 radical (unpaired) electrons. The second kappa shape index (κ2) is 8.04. The van der Waals surface area contributed by atoms with E-state index in [1.165, 1.54) is 11.1 Å². The first-order valence-corrected chi connectivity index (χ1v) is 9.73. The van der Waals surface area contributed by atoms with Crippen molar-refractivity contribution in [2.24, 2.45) is 0 Å². The summed E-state index contributed by atoms with van der Waals surface area (Å²) in [5.41, 5.74) is 2.86. The lowest BCUT2D eigenvalue weighted by Crippen LogP contribution is -2.40. The molecular formula is C19H26N6O2. The fourth-order valence-electron chi connectivity index (χ4n) is 4.06. The molecular weight excluding hydrogens is 344 g/mol. The van der Waals surface area contributed by atoms with Gasteiger partial charge in [-0.3, -0.25) is 0 Å². The summed E-state index contributed by atoms with van der Waals surface area (Å²) < 4.78 is 7.01. The zero-order valence-electron chi connectivity index (χ0n) is 15.7. The number of fused-ring (bicyclic) bond motifs is 1. The van der Waals surface area contributed by atoms with Crippen molar-refractivity contribution in [2.75, 3.05) is 19.7 Å². The van der Waals surface area contributed by atoms with Crippen molar-refractivity contribution in [3.8, 4) is 0 Å². The molecule has 0 atom stereocenters. The number of hydrogen-bond acceptors (Lipinski definition) is 6. The van der Waals surface area contributed by atoms with Gasteiger partial charge in [-0.1, -0.05) is 24.3 Å². The highest BCUT2D eigenvalue weighted by Crippen LogP contribution is 2.24. The summed E-state index contributed by atoms with van der Waals surface area (Å²) in [4.78, 5) is 13.6. The lowest BCUT2D eigenvalue weighted by Gasteiger charge is -2.31. The predicted octanol–water partition coefficient (Wildman–Crippen LogP) is 1.72. The first kappa shape index (κ1) is 17.9.